The summed E-state index contributed by atoms with van der Waals surface area (Å²) in [5, 5.41) is 9.05. The maximum Gasteiger partial charge on any atom is 0.330 e. The van der Waals surface area contributed by atoms with Crippen LogP contribution in [0.15, 0.2) is 11.6 Å². The number of carboxylic acid groups (broad SMARTS) is 1. The molecule has 0 bridgehead atoms. The van der Waals surface area contributed by atoms with Crippen LogP contribution in [0, 0.1) is 10.8 Å². The zero-order chi connectivity index (χ0) is 13.1. The van der Waals surface area contributed by atoms with Crippen molar-refractivity contribution in [1.29, 1.82) is 0 Å². The summed E-state index contributed by atoms with van der Waals surface area (Å²) < 4.78 is 5.31. The van der Waals surface area contributed by atoms with Crippen LogP contribution in [-0.4, -0.2) is 24.8 Å². The van der Waals surface area contributed by atoms with Gasteiger partial charge in [-0.1, -0.05) is 32.8 Å². The first-order valence-corrected chi connectivity index (χ1v) is 6.26. The molecule has 1 N–H and O–H groups in total. The van der Waals surface area contributed by atoms with Crippen molar-refractivity contribution in [3.8, 4) is 0 Å². The van der Waals surface area contributed by atoms with Gasteiger partial charge in [-0.05, 0) is 30.6 Å². The van der Waals surface area contributed by atoms with Gasteiger partial charge in [0.25, 0.3) is 0 Å². The van der Waals surface area contributed by atoms with Crippen LogP contribution in [0.2, 0.25) is 0 Å². The van der Waals surface area contributed by atoms with Crippen molar-refractivity contribution >= 4 is 5.97 Å². The molecule has 0 amide bonds. The summed E-state index contributed by atoms with van der Waals surface area (Å²) in [6.45, 7) is 6.70. The minimum absolute atomic E-state index is 0.0189. The summed E-state index contributed by atoms with van der Waals surface area (Å²) in [7, 11) is 1.71. The largest absolute Gasteiger partial charge is 0.478 e. The predicted molar refractivity (Wildman–Crippen MR) is 68.0 cm³/mol. The lowest BCUT2D eigenvalue weighted by Crippen LogP contribution is -2.38. The molecule has 0 aliphatic heterocycles. The number of methoxy groups -OCH3 is 1. The van der Waals surface area contributed by atoms with Crippen LogP contribution in [0.4, 0.5) is 0 Å². The highest BCUT2D eigenvalue weighted by molar-refractivity contribution is 5.85. The van der Waals surface area contributed by atoms with Crippen molar-refractivity contribution in [1.82, 2.24) is 0 Å². The molecule has 3 nitrogen and oxygen atoms in total. The Morgan fingerprint density at radius 2 is 1.94 bits per heavy atom. The number of ether oxygens (including phenoxy) is 1. The van der Waals surface area contributed by atoms with Crippen LogP contribution < -0.4 is 0 Å². The van der Waals surface area contributed by atoms with E-state index in [2.05, 4.69) is 13.8 Å². The molecule has 1 aliphatic rings. The Kier molecular flexibility index (Phi) is 4.36. The Morgan fingerprint density at radius 1 is 1.41 bits per heavy atom. The predicted octanol–water partition coefficient (Wildman–Crippen LogP) is 3.25. The maximum absolute atomic E-state index is 11.0. The second-order valence-corrected chi connectivity index (χ2v) is 5.81. The molecule has 0 saturated heterocycles. The third-order valence-corrected chi connectivity index (χ3v) is 4.18. The molecule has 0 unspecified atom stereocenters. The van der Waals surface area contributed by atoms with Gasteiger partial charge in [0.1, 0.15) is 0 Å². The molecule has 1 rings (SSSR count). The van der Waals surface area contributed by atoms with Crippen molar-refractivity contribution in [3.63, 3.8) is 0 Å². The van der Waals surface area contributed by atoms with Gasteiger partial charge in [-0.2, -0.15) is 0 Å². The summed E-state index contributed by atoms with van der Waals surface area (Å²) in [4.78, 5) is 11.0. The number of rotatable bonds is 5. The number of carbonyl (C=O) groups is 1. The molecule has 0 atom stereocenters. The first kappa shape index (κ1) is 14.2. The minimum atomic E-state index is -0.815. The standard InChI is InChI=1S/C14H24O3/c1-11(12(15)16)9-14(7-5-6-8-14)13(2,3)10-17-4/h9H,5-8,10H2,1-4H3,(H,15,16). The van der Waals surface area contributed by atoms with Gasteiger partial charge in [-0.15, -0.1) is 0 Å². The van der Waals surface area contributed by atoms with E-state index in [0.29, 0.717) is 12.2 Å². The molecule has 1 saturated carbocycles. The fourth-order valence-corrected chi connectivity index (χ4v) is 3.00. The molecule has 1 aliphatic carbocycles. The van der Waals surface area contributed by atoms with Gasteiger partial charge in [0.05, 0.1) is 6.61 Å². The normalized spacial score (nSPS) is 20.6. The van der Waals surface area contributed by atoms with Crippen molar-refractivity contribution in [2.24, 2.45) is 10.8 Å². The van der Waals surface area contributed by atoms with Gasteiger partial charge in [0, 0.05) is 12.7 Å². The second kappa shape index (κ2) is 5.21. The molecule has 17 heavy (non-hydrogen) atoms. The van der Waals surface area contributed by atoms with Crippen LogP contribution in [0.3, 0.4) is 0 Å². The monoisotopic (exact) mass is 240 g/mol. The third kappa shape index (κ3) is 2.89. The average molecular weight is 240 g/mol. The van der Waals surface area contributed by atoms with E-state index in [1.54, 1.807) is 14.0 Å². The van der Waals surface area contributed by atoms with Crippen LogP contribution in [0.1, 0.15) is 46.5 Å². The van der Waals surface area contributed by atoms with Gasteiger partial charge >= 0.3 is 5.97 Å². The Hall–Kier alpha value is -0.830. The molecule has 3 heteroatoms. The SMILES string of the molecule is COCC(C)(C)C1(C=C(C)C(=O)O)CCCC1. The number of aliphatic carboxylic acids is 1. The van der Waals surface area contributed by atoms with E-state index >= 15 is 0 Å². The van der Waals surface area contributed by atoms with Gasteiger partial charge in [-0.3, -0.25) is 0 Å². The molecule has 0 aromatic carbocycles. The maximum atomic E-state index is 11.0. The molecule has 98 valence electrons. The molecule has 0 radical (unpaired) electrons. The van der Waals surface area contributed by atoms with Crippen molar-refractivity contribution in [3.05, 3.63) is 11.6 Å². The summed E-state index contributed by atoms with van der Waals surface area (Å²) in [6.07, 6.45) is 6.45. The van der Waals surface area contributed by atoms with Crippen molar-refractivity contribution in [2.75, 3.05) is 13.7 Å². The van der Waals surface area contributed by atoms with Crippen LogP contribution >= 0.6 is 0 Å². The van der Waals surface area contributed by atoms with Gasteiger partial charge in [0.2, 0.25) is 0 Å². The Bertz CT molecular complexity index is 309. The van der Waals surface area contributed by atoms with Crippen LogP contribution in [0.5, 0.6) is 0 Å². The summed E-state index contributed by atoms with van der Waals surface area (Å²) in [5.74, 6) is -0.815. The van der Waals surface area contributed by atoms with E-state index in [1.807, 2.05) is 6.08 Å². The molecular formula is C14H24O3. The molecule has 0 aromatic rings. The van der Waals surface area contributed by atoms with Crippen molar-refractivity contribution < 1.29 is 14.6 Å². The molecule has 1 fully saturated rings. The van der Waals surface area contributed by atoms with E-state index in [9.17, 15) is 4.79 Å². The van der Waals surface area contributed by atoms with Gasteiger partial charge < -0.3 is 9.84 Å². The first-order chi connectivity index (χ1) is 7.84. The Labute approximate surface area is 104 Å². The zero-order valence-electron chi connectivity index (χ0n) is 11.4. The molecule has 0 heterocycles. The quantitative estimate of drug-likeness (QED) is 0.750. The second-order valence-electron chi connectivity index (χ2n) is 5.81. The molecule has 0 spiro atoms. The fourth-order valence-electron chi connectivity index (χ4n) is 3.00. The number of hydrogen-bond acceptors (Lipinski definition) is 2. The highest BCUT2D eigenvalue weighted by atomic mass is 16.5. The molecule has 0 aromatic heterocycles. The Morgan fingerprint density at radius 3 is 2.35 bits per heavy atom. The lowest BCUT2D eigenvalue weighted by Gasteiger charge is -2.42. The molecular weight excluding hydrogens is 216 g/mol. The minimum Gasteiger partial charge on any atom is -0.478 e. The van der Waals surface area contributed by atoms with E-state index in [-0.39, 0.29) is 10.8 Å². The van der Waals surface area contributed by atoms with E-state index in [1.165, 1.54) is 12.8 Å². The lowest BCUT2D eigenvalue weighted by molar-refractivity contribution is -0.132. The average Bonchev–Trinajstić information content (AvgIpc) is 2.67. The van der Waals surface area contributed by atoms with Crippen LogP contribution in [0.25, 0.3) is 0 Å². The summed E-state index contributed by atoms with van der Waals surface area (Å²) in [6, 6.07) is 0. The third-order valence-electron chi connectivity index (χ3n) is 4.18. The highest BCUT2D eigenvalue weighted by Gasteiger charge is 2.45. The highest BCUT2D eigenvalue weighted by Crippen LogP contribution is 2.53. The number of allylic oxidation sites excluding steroid dienone is 1. The van der Waals surface area contributed by atoms with E-state index in [0.717, 1.165) is 12.8 Å². The van der Waals surface area contributed by atoms with Gasteiger partial charge in [0.15, 0.2) is 0 Å². The van der Waals surface area contributed by atoms with E-state index < -0.39 is 5.97 Å². The fraction of sp³-hybridized carbons (Fsp3) is 0.786. The topological polar surface area (TPSA) is 46.5 Å². The van der Waals surface area contributed by atoms with Crippen LogP contribution in [-0.2, 0) is 9.53 Å². The van der Waals surface area contributed by atoms with Crippen molar-refractivity contribution in [2.45, 2.75) is 46.5 Å². The number of hydrogen-bond donors (Lipinski definition) is 1. The van der Waals surface area contributed by atoms with E-state index in [4.69, 9.17) is 9.84 Å². The lowest BCUT2D eigenvalue weighted by atomic mass is 9.64. The summed E-state index contributed by atoms with van der Waals surface area (Å²) in [5.41, 5.74) is 0.413. The summed E-state index contributed by atoms with van der Waals surface area (Å²) >= 11 is 0. The number of carboxylic acids is 1. The smallest absolute Gasteiger partial charge is 0.330 e. The van der Waals surface area contributed by atoms with Gasteiger partial charge in [-0.25, -0.2) is 4.79 Å². The first-order valence-electron chi connectivity index (χ1n) is 6.26. The zero-order valence-corrected chi connectivity index (χ0v) is 11.4. The Balaban J connectivity index is 3.06.